The van der Waals surface area contributed by atoms with Crippen LogP contribution in [0.5, 0.6) is 5.75 Å². The zero-order valence-electron chi connectivity index (χ0n) is 8.89. The third-order valence-corrected chi connectivity index (χ3v) is 2.37. The predicted molar refractivity (Wildman–Crippen MR) is 63.4 cm³/mol. The summed E-state index contributed by atoms with van der Waals surface area (Å²) in [5.74, 6) is 0.778. The van der Waals surface area contributed by atoms with E-state index in [2.05, 4.69) is 4.98 Å². The number of aliphatic hydroxyl groups excluding tert-OH is 1. The molecule has 0 saturated carbocycles. The highest BCUT2D eigenvalue weighted by Crippen LogP contribution is 2.29. The van der Waals surface area contributed by atoms with Gasteiger partial charge in [-0.15, -0.1) is 0 Å². The monoisotopic (exact) mass is 218 g/mol. The second kappa shape index (κ2) is 4.81. The molecule has 4 heteroatoms. The second-order valence-electron chi connectivity index (χ2n) is 3.50. The molecule has 1 aromatic heterocycles. The lowest BCUT2D eigenvalue weighted by atomic mass is 10.1. The summed E-state index contributed by atoms with van der Waals surface area (Å²) in [7, 11) is 0. The van der Waals surface area contributed by atoms with Crippen molar-refractivity contribution in [1.82, 2.24) is 4.98 Å². The summed E-state index contributed by atoms with van der Waals surface area (Å²) < 4.78 is 5.57. The van der Waals surface area contributed by atoms with Crippen LogP contribution in [-0.4, -0.2) is 23.3 Å². The molecule has 16 heavy (non-hydrogen) atoms. The van der Waals surface area contributed by atoms with Gasteiger partial charge >= 0.3 is 0 Å². The maximum atomic E-state index is 8.69. The molecule has 0 fully saturated rings. The molecule has 84 valence electrons. The number of anilines is 1. The maximum absolute atomic E-state index is 8.69. The number of ether oxygens (including phenoxy) is 1. The molecule has 1 aromatic carbocycles. The number of pyridine rings is 1. The van der Waals surface area contributed by atoms with Crippen molar-refractivity contribution in [2.75, 3.05) is 18.9 Å². The Bertz CT molecular complexity index is 485. The van der Waals surface area contributed by atoms with Crippen molar-refractivity contribution in [3.8, 4) is 5.75 Å². The average molecular weight is 218 g/mol. The molecule has 0 amide bonds. The van der Waals surface area contributed by atoms with Crippen molar-refractivity contribution in [3.05, 3.63) is 30.6 Å². The van der Waals surface area contributed by atoms with Crippen molar-refractivity contribution >= 4 is 16.5 Å². The standard InChI is InChI=1S/C12H14N2O2/c13-11-2-3-12(16-7-1-6-15)9-4-5-14-8-10(9)11/h2-5,8,15H,1,6-7,13H2. The van der Waals surface area contributed by atoms with E-state index in [-0.39, 0.29) is 6.61 Å². The summed E-state index contributed by atoms with van der Waals surface area (Å²) >= 11 is 0. The molecule has 0 aliphatic heterocycles. The van der Waals surface area contributed by atoms with E-state index < -0.39 is 0 Å². The fraction of sp³-hybridized carbons (Fsp3) is 0.250. The number of aromatic nitrogens is 1. The lowest BCUT2D eigenvalue weighted by Gasteiger charge is -2.09. The lowest BCUT2D eigenvalue weighted by molar-refractivity contribution is 0.235. The van der Waals surface area contributed by atoms with Crippen LogP contribution in [0.15, 0.2) is 30.6 Å². The molecule has 0 bridgehead atoms. The Hall–Kier alpha value is -1.81. The van der Waals surface area contributed by atoms with Gasteiger partial charge in [0.05, 0.1) is 6.61 Å². The Labute approximate surface area is 93.7 Å². The third-order valence-electron chi connectivity index (χ3n) is 2.37. The number of hydrogen-bond acceptors (Lipinski definition) is 4. The molecule has 0 radical (unpaired) electrons. The molecule has 0 unspecified atom stereocenters. The Balaban J connectivity index is 2.35. The van der Waals surface area contributed by atoms with E-state index in [9.17, 15) is 0 Å². The van der Waals surface area contributed by atoms with E-state index in [1.54, 1.807) is 18.5 Å². The second-order valence-corrected chi connectivity index (χ2v) is 3.50. The van der Waals surface area contributed by atoms with E-state index in [1.165, 1.54) is 0 Å². The van der Waals surface area contributed by atoms with Gasteiger partial charge in [0, 0.05) is 41.9 Å². The summed E-state index contributed by atoms with van der Waals surface area (Å²) in [4.78, 5) is 4.04. The van der Waals surface area contributed by atoms with Crippen LogP contribution in [0.1, 0.15) is 6.42 Å². The number of rotatable bonds is 4. The van der Waals surface area contributed by atoms with Gasteiger partial charge in [-0.25, -0.2) is 0 Å². The summed E-state index contributed by atoms with van der Waals surface area (Å²) in [5, 5.41) is 10.5. The predicted octanol–water partition coefficient (Wildman–Crippen LogP) is 1.58. The summed E-state index contributed by atoms with van der Waals surface area (Å²) in [6, 6.07) is 5.52. The van der Waals surface area contributed by atoms with E-state index in [0.29, 0.717) is 18.7 Å². The fourth-order valence-corrected chi connectivity index (χ4v) is 1.56. The van der Waals surface area contributed by atoms with Crippen LogP contribution in [0.25, 0.3) is 10.8 Å². The van der Waals surface area contributed by atoms with Crippen LogP contribution in [0.4, 0.5) is 5.69 Å². The van der Waals surface area contributed by atoms with Gasteiger partial charge in [-0.2, -0.15) is 0 Å². The van der Waals surface area contributed by atoms with Gasteiger partial charge in [0.15, 0.2) is 0 Å². The largest absolute Gasteiger partial charge is 0.493 e. The van der Waals surface area contributed by atoms with Crippen LogP contribution >= 0.6 is 0 Å². The Morgan fingerprint density at radius 3 is 2.94 bits per heavy atom. The molecule has 2 aromatic rings. The highest BCUT2D eigenvalue weighted by atomic mass is 16.5. The van der Waals surface area contributed by atoms with E-state index in [1.807, 2.05) is 12.1 Å². The van der Waals surface area contributed by atoms with Gasteiger partial charge in [-0.1, -0.05) is 0 Å². The van der Waals surface area contributed by atoms with Crippen molar-refractivity contribution in [2.45, 2.75) is 6.42 Å². The minimum absolute atomic E-state index is 0.133. The minimum atomic E-state index is 0.133. The molecule has 0 aliphatic rings. The topological polar surface area (TPSA) is 68.4 Å². The minimum Gasteiger partial charge on any atom is -0.493 e. The van der Waals surface area contributed by atoms with Gasteiger partial charge in [-0.3, -0.25) is 4.98 Å². The first-order valence-electron chi connectivity index (χ1n) is 5.19. The first-order chi connectivity index (χ1) is 7.83. The number of hydrogen-bond donors (Lipinski definition) is 2. The maximum Gasteiger partial charge on any atom is 0.127 e. The first-order valence-corrected chi connectivity index (χ1v) is 5.19. The van der Waals surface area contributed by atoms with Crippen LogP contribution in [-0.2, 0) is 0 Å². The van der Waals surface area contributed by atoms with Crippen LogP contribution < -0.4 is 10.5 Å². The lowest BCUT2D eigenvalue weighted by Crippen LogP contribution is -2.00. The fourth-order valence-electron chi connectivity index (χ4n) is 1.56. The molecule has 2 rings (SSSR count). The zero-order chi connectivity index (χ0) is 11.4. The Kier molecular flexibility index (Phi) is 3.22. The highest BCUT2D eigenvalue weighted by molar-refractivity contribution is 5.96. The molecule has 0 atom stereocenters. The molecule has 0 saturated heterocycles. The van der Waals surface area contributed by atoms with Crippen LogP contribution in [0, 0.1) is 0 Å². The summed E-state index contributed by atoms with van der Waals surface area (Å²) in [5.41, 5.74) is 6.54. The number of nitrogens with two attached hydrogens (primary N) is 1. The summed E-state index contributed by atoms with van der Waals surface area (Å²) in [6.07, 6.45) is 4.06. The van der Waals surface area contributed by atoms with E-state index in [0.717, 1.165) is 16.5 Å². The third kappa shape index (κ3) is 2.06. The SMILES string of the molecule is Nc1ccc(OCCCO)c2ccncc12. The van der Waals surface area contributed by atoms with Gasteiger partial charge in [-0.05, 0) is 18.2 Å². The normalized spacial score (nSPS) is 10.6. The number of benzene rings is 1. The van der Waals surface area contributed by atoms with E-state index >= 15 is 0 Å². The van der Waals surface area contributed by atoms with E-state index in [4.69, 9.17) is 15.6 Å². The van der Waals surface area contributed by atoms with Gasteiger partial charge in [0.2, 0.25) is 0 Å². The van der Waals surface area contributed by atoms with Crippen molar-refractivity contribution in [3.63, 3.8) is 0 Å². The van der Waals surface area contributed by atoms with Crippen molar-refractivity contribution < 1.29 is 9.84 Å². The Morgan fingerprint density at radius 1 is 1.25 bits per heavy atom. The first kappa shape index (κ1) is 10.7. The molecular formula is C12H14N2O2. The molecule has 4 nitrogen and oxygen atoms in total. The smallest absolute Gasteiger partial charge is 0.127 e. The van der Waals surface area contributed by atoms with Crippen LogP contribution in [0.3, 0.4) is 0 Å². The molecule has 1 heterocycles. The quantitative estimate of drug-likeness (QED) is 0.604. The van der Waals surface area contributed by atoms with Gasteiger partial charge in [0.1, 0.15) is 5.75 Å². The molecule has 3 N–H and O–H groups in total. The van der Waals surface area contributed by atoms with Crippen molar-refractivity contribution in [1.29, 1.82) is 0 Å². The van der Waals surface area contributed by atoms with Gasteiger partial charge in [0.25, 0.3) is 0 Å². The number of nitrogen functional groups attached to an aromatic ring is 1. The van der Waals surface area contributed by atoms with Gasteiger partial charge < -0.3 is 15.6 Å². The van der Waals surface area contributed by atoms with Crippen LogP contribution in [0.2, 0.25) is 0 Å². The number of fused-ring (bicyclic) bond motifs is 1. The number of aliphatic hydroxyl groups is 1. The number of nitrogens with zero attached hydrogens (tertiary/aromatic N) is 1. The molecule has 0 spiro atoms. The summed E-state index contributed by atoms with van der Waals surface area (Å²) in [6.45, 7) is 0.631. The molecular weight excluding hydrogens is 204 g/mol. The van der Waals surface area contributed by atoms with Crippen molar-refractivity contribution in [2.24, 2.45) is 0 Å². The highest BCUT2D eigenvalue weighted by Gasteiger charge is 2.04. The average Bonchev–Trinajstić information content (AvgIpc) is 2.33. The molecule has 0 aliphatic carbocycles. The Morgan fingerprint density at radius 2 is 2.12 bits per heavy atom. The zero-order valence-corrected chi connectivity index (χ0v) is 8.89.